The number of thiophene rings is 1. The van der Waals surface area contributed by atoms with Gasteiger partial charge in [0, 0.05) is 18.0 Å². The molecule has 0 aliphatic carbocycles. The van der Waals surface area contributed by atoms with Crippen molar-refractivity contribution in [3.8, 4) is 16.9 Å². The molecular weight excluding hydrogens is 326 g/mol. The number of carbonyl (C=O) groups excluding carboxylic acids is 1. The fraction of sp³-hybridized carbons (Fsp3) is 0.333. The van der Waals surface area contributed by atoms with Crippen LogP contribution < -0.4 is 4.74 Å². The van der Waals surface area contributed by atoms with Gasteiger partial charge in [-0.3, -0.25) is 9.59 Å². The second-order valence-corrected chi connectivity index (χ2v) is 7.14. The number of hydrogen-bond acceptors (Lipinski definition) is 4. The Bertz CT molecular complexity index is 766. The Kier molecular flexibility index (Phi) is 4.57. The van der Waals surface area contributed by atoms with Gasteiger partial charge in [-0.15, -0.1) is 11.3 Å². The smallest absolute Gasteiger partial charge is 0.308 e. The summed E-state index contributed by atoms with van der Waals surface area (Å²) in [6.45, 7) is 2.79. The summed E-state index contributed by atoms with van der Waals surface area (Å²) < 4.78 is 5.17. The molecule has 2 aromatic rings. The number of amides is 1. The fourth-order valence-corrected chi connectivity index (χ4v) is 3.96. The van der Waals surface area contributed by atoms with Crippen LogP contribution in [0.3, 0.4) is 0 Å². The number of ether oxygens (including phenoxy) is 1. The number of aliphatic carboxylic acids is 1. The molecule has 1 amide bonds. The first-order valence-corrected chi connectivity index (χ1v) is 8.58. The van der Waals surface area contributed by atoms with E-state index in [0.717, 1.165) is 21.8 Å². The summed E-state index contributed by atoms with van der Waals surface area (Å²) in [5.74, 6) is -0.561. The van der Waals surface area contributed by atoms with Crippen molar-refractivity contribution in [2.75, 3.05) is 20.2 Å². The number of benzene rings is 1. The first-order valence-electron chi connectivity index (χ1n) is 7.76. The lowest BCUT2D eigenvalue weighted by molar-refractivity contribution is -0.141. The maximum atomic E-state index is 12.6. The van der Waals surface area contributed by atoms with Crippen molar-refractivity contribution in [2.24, 2.45) is 5.92 Å². The van der Waals surface area contributed by atoms with Crippen LogP contribution in [0.4, 0.5) is 0 Å². The zero-order chi connectivity index (χ0) is 17.3. The lowest BCUT2D eigenvalue weighted by Crippen LogP contribution is -2.29. The van der Waals surface area contributed by atoms with E-state index in [9.17, 15) is 9.59 Å². The van der Waals surface area contributed by atoms with Crippen LogP contribution in [-0.2, 0) is 4.79 Å². The standard InChI is InChI=1S/C18H19NO4S/c1-11-15(12-3-5-14(23-2)6-4-12)9-16(24-11)17(20)19-8-7-13(10-19)18(21)22/h3-6,9,13H,7-8,10H2,1-2H3,(H,21,22)/t13-/m1/s1. The van der Waals surface area contributed by atoms with Crippen molar-refractivity contribution < 1.29 is 19.4 Å². The summed E-state index contributed by atoms with van der Waals surface area (Å²) in [7, 11) is 1.63. The predicted molar refractivity (Wildman–Crippen MR) is 92.7 cm³/mol. The molecule has 1 aromatic heterocycles. The third-order valence-corrected chi connectivity index (χ3v) is 5.39. The van der Waals surface area contributed by atoms with E-state index >= 15 is 0 Å². The summed E-state index contributed by atoms with van der Waals surface area (Å²) in [4.78, 5) is 27.1. The predicted octanol–water partition coefficient (Wildman–Crippen LogP) is 3.28. The summed E-state index contributed by atoms with van der Waals surface area (Å²) >= 11 is 1.45. The van der Waals surface area contributed by atoms with Crippen LogP contribution in [0.2, 0.25) is 0 Å². The SMILES string of the molecule is COc1ccc(-c2cc(C(=O)N3CC[C@@H](C(=O)O)C3)sc2C)cc1. The Morgan fingerprint density at radius 3 is 2.58 bits per heavy atom. The van der Waals surface area contributed by atoms with E-state index in [2.05, 4.69) is 0 Å². The largest absolute Gasteiger partial charge is 0.497 e. The molecule has 3 rings (SSSR count). The minimum atomic E-state index is -0.827. The molecule has 1 aromatic carbocycles. The van der Waals surface area contributed by atoms with Crippen LogP contribution in [0.5, 0.6) is 5.75 Å². The lowest BCUT2D eigenvalue weighted by atomic mass is 10.1. The van der Waals surface area contributed by atoms with Crippen LogP contribution in [0.25, 0.3) is 11.1 Å². The first kappa shape index (κ1) is 16.5. The van der Waals surface area contributed by atoms with Crippen molar-refractivity contribution in [3.63, 3.8) is 0 Å². The maximum Gasteiger partial charge on any atom is 0.308 e. The third kappa shape index (κ3) is 3.14. The third-order valence-electron chi connectivity index (χ3n) is 4.35. The molecule has 0 unspecified atom stereocenters. The number of carboxylic acids is 1. The van der Waals surface area contributed by atoms with E-state index in [1.54, 1.807) is 12.0 Å². The number of carboxylic acid groups (broad SMARTS) is 1. The number of aryl methyl sites for hydroxylation is 1. The minimum absolute atomic E-state index is 0.0772. The number of carbonyl (C=O) groups is 2. The molecule has 1 aliphatic heterocycles. The fourth-order valence-electron chi connectivity index (χ4n) is 2.95. The van der Waals surface area contributed by atoms with E-state index in [1.807, 2.05) is 37.3 Å². The molecule has 1 aliphatic rings. The highest BCUT2D eigenvalue weighted by molar-refractivity contribution is 7.14. The Morgan fingerprint density at radius 2 is 2.00 bits per heavy atom. The molecule has 0 radical (unpaired) electrons. The molecule has 5 nitrogen and oxygen atoms in total. The van der Waals surface area contributed by atoms with Crippen molar-refractivity contribution in [1.82, 2.24) is 4.90 Å². The Labute approximate surface area is 144 Å². The second-order valence-electron chi connectivity index (χ2n) is 5.88. The van der Waals surface area contributed by atoms with Crippen molar-refractivity contribution in [2.45, 2.75) is 13.3 Å². The van der Waals surface area contributed by atoms with Gasteiger partial charge in [0.1, 0.15) is 5.75 Å². The van der Waals surface area contributed by atoms with Crippen LogP contribution in [0, 0.1) is 12.8 Å². The van der Waals surface area contributed by atoms with E-state index < -0.39 is 11.9 Å². The molecule has 0 saturated carbocycles. The van der Waals surface area contributed by atoms with Gasteiger partial charge in [-0.2, -0.15) is 0 Å². The zero-order valence-corrected chi connectivity index (χ0v) is 14.4. The number of likely N-dealkylation sites (tertiary alicyclic amines) is 1. The maximum absolute atomic E-state index is 12.6. The molecule has 0 spiro atoms. The monoisotopic (exact) mass is 345 g/mol. The van der Waals surface area contributed by atoms with Crippen LogP contribution in [0.1, 0.15) is 21.0 Å². The highest BCUT2D eigenvalue weighted by Crippen LogP contribution is 2.33. The topological polar surface area (TPSA) is 66.8 Å². The number of methoxy groups -OCH3 is 1. The average Bonchev–Trinajstić information content (AvgIpc) is 3.21. The summed E-state index contributed by atoms with van der Waals surface area (Å²) in [5, 5.41) is 9.08. The molecule has 1 atom stereocenters. The van der Waals surface area contributed by atoms with Gasteiger partial charge in [-0.25, -0.2) is 0 Å². The Balaban J connectivity index is 1.80. The molecule has 24 heavy (non-hydrogen) atoms. The van der Waals surface area contributed by atoms with E-state index in [4.69, 9.17) is 9.84 Å². The van der Waals surface area contributed by atoms with E-state index in [0.29, 0.717) is 24.4 Å². The summed E-state index contributed by atoms with van der Waals surface area (Å²) in [6.07, 6.45) is 0.525. The van der Waals surface area contributed by atoms with Gasteiger partial charge in [0.15, 0.2) is 0 Å². The quantitative estimate of drug-likeness (QED) is 0.923. The van der Waals surface area contributed by atoms with Gasteiger partial charge >= 0.3 is 5.97 Å². The second kappa shape index (κ2) is 6.65. The molecular formula is C18H19NO4S. The molecule has 0 bridgehead atoms. The van der Waals surface area contributed by atoms with Gasteiger partial charge in [-0.1, -0.05) is 12.1 Å². The normalized spacial score (nSPS) is 17.1. The molecule has 2 heterocycles. The average molecular weight is 345 g/mol. The summed E-state index contributed by atoms with van der Waals surface area (Å²) in [6, 6.07) is 9.63. The molecule has 126 valence electrons. The van der Waals surface area contributed by atoms with E-state index in [-0.39, 0.29) is 5.91 Å². The van der Waals surface area contributed by atoms with Gasteiger partial charge in [0.2, 0.25) is 0 Å². The summed E-state index contributed by atoms with van der Waals surface area (Å²) in [5.41, 5.74) is 2.06. The van der Waals surface area contributed by atoms with Crippen molar-refractivity contribution in [3.05, 3.63) is 40.1 Å². The molecule has 1 saturated heterocycles. The van der Waals surface area contributed by atoms with Crippen molar-refractivity contribution >= 4 is 23.2 Å². The number of hydrogen-bond donors (Lipinski definition) is 1. The molecule has 1 N–H and O–H groups in total. The number of rotatable bonds is 4. The minimum Gasteiger partial charge on any atom is -0.497 e. The van der Waals surface area contributed by atoms with Crippen molar-refractivity contribution in [1.29, 1.82) is 0 Å². The van der Waals surface area contributed by atoms with Gasteiger partial charge in [-0.05, 0) is 42.7 Å². The Hall–Kier alpha value is -2.34. The van der Waals surface area contributed by atoms with Gasteiger partial charge < -0.3 is 14.7 Å². The van der Waals surface area contributed by atoms with Gasteiger partial charge in [0.25, 0.3) is 5.91 Å². The molecule has 1 fully saturated rings. The van der Waals surface area contributed by atoms with Crippen LogP contribution in [-0.4, -0.2) is 42.1 Å². The van der Waals surface area contributed by atoms with Gasteiger partial charge in [0.05, 0.1) is 17.9 Å². The van der Waals surface area contributed by atoms with Crippen LogP contribution >= 0.6 is 11.3 Å². The molecule has 6 heteroatoms. The zero-order valence-electron chi connectivity index (χ0n) is 13.6. The highest BCUT2D eigenvalue weighted by Gasteiger charge is 2.32. The highest BCUT2D eigenvalue weighted by atomic mass is 32.1. The number of nitrogens with zero attached hydrogens (tertiary/aromatic N) is 1. The van der Waals surface area contributed by atoms with E-state index in [1.165, 1.54) is 11.3 Å². The first-order chi connectivity index (χ1) is 11.5. The van der Waals surface area contributed by atoms with Crippen LogP contribution in [0.15, 0.2) is 30.3 Å². The Morgan fingerprint density at radius 1 is 1.29 bits per heavy atom. The lowest BCUT2D eigenvalue weighted by Gasteiger charge is -2.14.